The topological polar surface area (TPSA) is 125 Å². The number of nitrogens with zero attached hydrogens (tertiary/aromatic N) is 5. The molecule has 33 heavy (non-hydrogen) atoms. The average Bonchev–Trinajstić information content (AvgIpc) is 3.52. The highest BCUT2D eigenvalue weighted by Crippen LogP contribution is 2.40. The molecule has 176 valence electrons. The zero-order valence-corrected chi connectivity index (χ0v) is 20.8. The summed E-state index contributed by atoms with van der Waals surface area (Å²) in [4.78, 5) is 8.49. The summed E-state index contributed by atoms with van der Waals surface area (Å²) in [7, 11) is -7.03. The van der Waals surface area contributed by atoms with Gasteiger partial charge in [-0.3, -0.25) is 0 Å². The average molecular weight is 510 g/mol. The van der Waals surface area contributed by atoms with E-state index in [0.29, 0.717) is 28.1 Å². The van der Waals surface area contributed by atoms with E-state index in [1.807, 2.05) is 4.57 Å². The van der Waals surface area contributed by atoms with Crippen LogP contribution in [0.15, 0.2) is 41.6 Å². The summed E-state index contributed by atoms with van der Waals surface area (Å²) < 4.78 is 52.3. The van der Waals surface area contributed by atoms with Crippen molar-refractivity contribution < 1.29 is 16.8 Å². The van der Waals surface area contributed by atoms with Gasteiger partial charge in [0.15, 0.2) is 25.5 Å². The fourth-order valence-electron chi connectivity index (χ4n) is 3.59. The fourth-order valence-corrected chi connectivity index (χ4v) is 5.92. The molecule has 3 aromatic rings. The maximum atomic E-state index is 13.3. The molecule has 1 fully saturated rings. The van der Waals surface area contributed by atoms with Gasteiger partial charge >= 0.3 is 0 Å². The Kier molecular flexibility index (Phi) is 6.32. The van der Waals surface area contributed by atoms with Crippen LogP contribution in [-0.4, -0.2) is 53.1 Å². The van der Waals surface area contributed by atoms with Crippen molar-refractivity contribution in [1.29, 1.82) is 0 Å². The second-order valence-electron chi connectivity index (χ2n) is 8.40. The second kappa shape index (κ2) is 8.77. The standard InChI is InChI=1S/C21H24ClN5O4S2/c1-13(20-23-10-16(22)11-24-20)14(2)33(30,31)12-19-25-26-21(27(19)17-7-8-17)15-5-4-6-18(9-15)32(3,28)29/h4-6,9-11,13-14,17H,7-8,12H2,1-3H3/t13-,14-/m0/s1. The molecule has 12 heteroatoms. The fraction of sp³-hybridized carbons (Fsp3) is 0.429. The van der Waals surface area contributed by atoms with Gasteiger partial charge in [0.05, 0.1) is 15.2 Å². The second-order valence-corrected chi connectivity index (χ2v) is 13.2. The van der Waals surface area contributed by atoms with Crippen molar-refractivity contribution >= 4 is 31.3 Å². The summed E-state index contributed by atoms with van der Waals surface area (Å²) in [6.07, 6.45) is 5.80. The molecule has 1 aliphatic rings. The summed E-state index contributed by atoms with van der Waals surface area (Å²) in [5, 5.41) is 8.05. The number of halogens is 1. The maximum absolute atomic E-state index is 13.3. The van der Waals surface area contributed by atoms with Gasteiger partial charge in [-0.05, 0) is 31.9 Å². The molecule has 2 atom stereocenters. The number of hydrogen-bond acceptors (Lipinski definition) is 8. The Morgan fingerprint density at radius 2 is 1.76 bits per heavy atom. The third-order valence-corrected chi connectivity index (χ3v) is 9.35. The molecular weight excluding hydrogens is 486 g/mol. The highest BCUT2D eigenvalue weighted by Gasteiger charge is 2.35. The van der Waals surface area contributed by atoms with Gasteiger partial charge in [-0.15, -0.1) is 10.2 Å². The van der Waals surface area contributed by atoms with E-state index in [4.69, 9.17) is 11.6 Å². The van der Waals surface area contributed by atoms with E-state index in [9.17, 15) is 16.8 Å². The van der Waals surface area contributed by atoms with E-state index >= 15 is 0 Å². The molecule has 0 amide bonds. The minimum atomic E-state index is -3.63. The summed E-state index contributed by atoms with van der Waals surface area (Å²) in [6, 6.07) is 6.54. The number of benzene rings is 1. The normalized spacial score (nSPS) is 16.5. The van der Waals surface area contributed by atoms with Crippen LogP contribution in [0.25, 0.3) is 11.4 Å². The molecule has 9 nitrogen and oxygen atoms in total. The molecule has 0 N–H and O–H groups in total. The smallest absolute Gasteiger partial charge is 0.175 e. The van der Waals surface area contributed by atoms with Crippen LogP contribution in [0.1, 0.15) is 50.3 Å². The lowest BCUT2D eigenvalue weighted by Gasteiger charge is -2.19. The molecular formula is C21H24ClN5O4S2. The number of sulfone groups is 2. The highest BCUT2D eigenvalue weighted by molar-refractivity contribution is 7.91. The molecule has 0 radical (unpaired) electrons. The van der Waals surface area contributed by atoms with E-state index < -0.39 is 30.8 Å². The third kappa shape index (κ3) is 5.10. The minimum absolute atomic E-state index is 0.0921. The predicted molar refractivity (Wildman–Crippen MR) is 124 cm³/mol. The van der Waals surface area contributed by atoms with Gasteiger partial charge in [-0.1, -0.05) is 30.7 Å². The first-order valence-corrected chi connectivity index (χ1v) is 14.4. The molecule has 1 saturated carbocycles. The van der Waals surface area contributed by atoms with Crippen molar-refractivity contribution in [3.05, 3.63) is 53.3 Å². The van der Waals surface area contributed by atoms with Gasteiger partial charge in [0.25, 0.3) is 0 Å². The molecule has 1 aromatic carbocycles. The Labute approximate surface area is 198 Å². The van der Waals surface area contributed by atoms with Crippen LogP contribution in [0.5, 0.6) is 0 Å². The van der Waals surface area contributed by atoms with Gasteiger partial charge in [-0.2, -0.15) is 0 Å². The number of hydrogen-bond donors (Lipinski definition) is 0. The van der Waals surface area contributed by atoms with E-state index in [1.165, 1.54) is 18.5 Å². The van der Waals surface area contributed by atoms with Crippen molar-refractivity contribution in [1.82, 2.24) is 24.7 Å². The Morgan fingerprint density at radius 1 is 1.09 bits per heavy atom. The molecule has 4 rings (SSSR count). The molecule has 0 spiro atoms. The Bertz CT molecular complexity index is 1380. The maximum Gasteiger partial charge on any atom is 0.175 e. The van der Waals surface area contributed by atoms with Crippen LogP contribution >= 0.6 is 11.6 Å². The van der Waals surface area contributed by atoms with Gasteiger partial charge < -0.3 is 4.57 Å². The van der Waals surface area contributed by atoms with Crippen LogP contribution in [0.2, 0.25) is 5.02 Å². The van der Waals surface area contributed by atoms with Crippen LogP contribution in [0.3, 0.4) is 0 Å². The third-order valence-electron chi connectivity index (χ3n) is 5.85. The van der Waals surface area contributed by atoms with E-state index in [1.54, 1.807) is 32.0 Å². The van der Waals surface area contributed by atoms with Gasteiger partial charge in [0.1, 0.15) is 17.4 Å². The van der Waals surface area contributed by atoms with Gasteiger partial charge in [-0.25, -0.2) is 26.8 Å². The quantitative estimate of drug-likeness (QED) is 0.453. The molecule has 1 aliphatic carbocycles. The Hall–Kier alpha value is -2.37. The van der Waals surface area contributed by atoms with Crippen molar-refractivity contribution in [2.45, 2.75) is 54.5 Å². The lowest BCUT2D eigenvalue weighted by Crippen LogP contribution is -2.27. The summed E-state index contributed by atoms with van der Waals surface area (Å²) in [5.74, 6) is 0.470. The lowest BCUT2D eigenvalue weighted by molar-refractivity contribution is 0.558. The minimum Gasteiger partial charge on any atom is -0.307 e. The number of aromatic nitrogens is 5. The first-order valence-electron chi connectivity index (χ1n) is 10.4. The SMILES string of the molecule is C[C@H](c1ncc(Cl)cn1)[C@H](C)S(=O)(=O)Cc1nnc(-c2cccc(S(C)(=O)=O)c2)n1C1CC1. The predicted octanol–water partition coefficient (Wildman–Crippen LogP) is 3.23. The van der Waals surface area contributed by atoms with E-state index in [0.717, 1.165) is 19.1 Å². The molecule has 0 aliphatic heterocycles. The first-order chi connectivity index (χ1) is 15.5. The largest absolute Gasteiger partial charge is 0.307 e. The summed E-state index contributed by atoms with van der Waals surface area (Å²) >= 11 is 5.84. The van der Waals surface area contributed by atoms with Gasteiger partial charge in [0.2, 0.25) is 0 Å². The molecule has 0 unspecified atom stereocenters. The van der Waals surface area contributed by atoms with Crippen molar-refractivity contribution in [2.75, 3.05) is 6.26 Å². The number of rotatable bonds is 8. The van der Waals surface area contributed by atoms with Gasteiger partial charge in [0, 0.05) is 36.2 Å². The summed E-state index contributed by atoms with van der Waals surface area (Å²) in [6.45, 7) is 3.39. The van der Waals surface area contributed by atoms with Crippen molar-refractivity contribution in [3.63, 3.8) is 0 Å². The van der Waals surface area contributed by atoms with E-state index in [-0.39, 0.29) is 16.7 Å². The lowest BCUT2D eigenvalue weighted by atomic mass is 10.1. The molecule has 2 aromatic heterocycles. The van der Waals surface area contributed by atoms with E-state index in [2.05, 4.69) is 20.2 Å². The zero-order chi connectivity index (χ0) is 24.0. The van der Waals surface area contributed by atoms with Crippen molar-refractivity contribution in [2.24, 2.45) is 0 Å². The zero-order valence-electron chi connectivity index (χ0n) is 18.4. The van der Waals surface area contributed by atoms with Crippen LogP contribution in [0, 0.1) is 0 Å². The molecule has 0 bridgehead atoms. The Balaban J connectivity index is 1.65. The van der Waals surface area contributed by atoms with Crippen molar-refractivity contribution in [3.8, 4) is 11.4 Å². The summed E-state index contributed by atoms with van der Waals surface area (Å²) in [5.41, 5.74) is 0.581. The van der Waals surface area contributed by atoms with Crippen LogP contribution < -0.4 is 0 Å². The Morgan fingerprint density at radius 3 is 2.36 bits per heavy atom. The highest BCUT2D eigenvalue weighted by atomic mass is 35.5. The van der Waals surface area contributed by atoms with Crippen LogP contribution in [0.4, 0.5) is 0 Å². The first kappa shape index (κ1) is 23.8. The van der Waals surface area contributed by atoms with Crippen LogP contribution in [-0.2, 0) is 25.4 Å². The molecule has 2 heterocycles. The molecule has 0 saturated heterocycles. The monoisotopic (exact) mass is 509 g/mol.